The smallest absolute Gasteiger partial charge is 0.325 e. The van der Waals surface area contributed by atoms with Gasteiger partial charge in [-0.3, -0.25) is 14.4 Å². The van der Waals surface area contributed by atoms with E-state index in [0.717, 1.165) is 0 Å². The summed E-state index contributed by atoms with van der Waals surface area (Å²) < 4.78 is 4.62. The summed E-state index contributed by atoms with van der Waals surface area (Å²) in [6.07, 6.45) is 4.54. The minimum Gasteiger partial charge on any atom is -0.481 e. The molecular weight excluding hydrogens is 274 g/mol. The number of amides is 1. The number of nitrogens with zero attached hydrogens (tertiary/aromatic N) is 1. The maximum Gasteiger partial charge on any atom is 0.325 e. The molecule has 0 radical (unpaired) electrons. The molecule has 4 atom stereocenters. The average molecular weight is 295 g/mol. The molecule has 2 bridgehead atoms. The second-order valence-corrected chi connectivity index (χ2v) is 5.97. The molecule has 2 rings (SSSR count). The van der Waals surface area contributed by atoms with Crippen LogP contribution in [0.5, 0.6) is 0 Å². The van der Waals surface area contributed by atoms with Crippen molar-refractivity contribution in [2.24, 2.45) is 23.7 Å². The first-order valence-electron chi connectivity index (χ1n) is 7.15. The molecular formula is C15H21NO5. The Bertz CT molecular complexity index is 484. The van der Waals surface area contributed by atoms with E-state index >= 15 is 0 Å². The molecule has 0 aliphatic heterocycles. The van der Waals surface area contributed by atoms with Crippen molar-refractivity contribution in [3.05, 3.63) is 12.2 Å². The monoisotopic (exact) mass is 295 g/mol. The largest absolute Gasteiger partial charge is 0.481 e. The second-order valence-electron chi connectivity index (χ2n) is 5.97. The quantitative estimate of drug-likeness (QED) is 0.602. The van der Waals surface area contributed by atoms with E-state index in [1.54, 1.807) is 13.8 Å². The van der Waals surface area contributed by atoms with E-state index in [0.29, 0.717) is 6.42 Å². The molecule has 21 heavy (non-hydrogen) atoms. The van der Waals surface area contributed by atoms with Crippen molar-refractivity contribution < 1.29 is 24.2 Å². The van der Waals surface area contributed by atoms with Crippen LogP contribution in [0.25, 0.3) is 0 Å². The number of carboxylic acids is 1. The fraction of sp³-hybridized carbons (Fsp3) is 0.667. The van der Waals surface area contributed by atoms with Gasteiger partial charge in [0.25, 0.3) is 0 Å². The Morgan fingerprint density at radius 1 is 1.24 bits per heavy atom. The molecule has 0 heterocycles. The van der Waals surface area contributed by atoms with E-state index in [2.05, 4.69) is 4.74 Å². The van der Waals surface area contributed by atoms with Crippen LogP contribution in [-0.4, -0.2) is 47.5 Å². The fourth-order valence-electron chi connectivity index (χ4n) is 3.41. The summed E-state index contributed by atoms with van der Waals surface area (Å²) in [5.74, 6) is -3.08. The molecule has 6 nitrogen and oxygen atoms in total. The summed E-state index contributed by atoms with van der Waals surface area (Å²) in [6.45, 7) is 3.47. The maximum atomic E-state index is 12.8. The molecule has 2 aliphatic rings. The Kier molecular flexibility index (Phi) is 4.34. The Morgan fingerprint density at radius 2 is 1.81 bits per heavy atom. The molecule has 1 N–H and O–H groups in total. The van der Waals surface area contributed by atoms with Gasteiger partial charge < -0.3 is 14.7 Å². The van der Waals surface area contributed by atoms with Crippen LogP contribution in [0, 0.1) is 23.7 Å². The minimum absolute atomic E-state index is 0.0394. The Morgan fingerprint density at radius 3 is 2.29 bits per heavy atom. The predicted molar refractivity (Wildman–Crippen MR) is 74.2 cm³/mol. The SMILES string of the molecule is COC(=O)CN(C(=O)[C@H]1C2C=CC(C2)[C@H]1C(=O)O)C(C)C. The number of esters is 1. The first-order valence-corrected chi connectivity index (χ1v) is 7.15. The highest BCUT2D eigenvalue weighted by atomic mass is 16.5. The summed E-state index contributed by atoms with van der Waals surface area (Å²) in [5, 5.41) is 9.41. The highest BCUT2D eigenvalue weighted by Gasteiger charge is 2.52. The van der Waals surface area contributed by atoms with E-state index in [1.807, 2.05) is 12.2 Å². The van der Waals surface area contributed by atoms with Gasteiger partial charge in [-0.2, -0.15) is 0 Å². The number of ether oxygens (including phenoxy) is 1. The van der Waals surface area contributed by atoms with E-state index in [1.165, 1.54) is 12.0 Å². The number of carboxylic acid groups (broad SMARTS) is 1. The molecule has 0 aromatic rings. The van der Waals surface area contributed by atoms with Gasteiger partial charge in [-0.25, -0.2) is 0 Å². The van der Waals surface area contributed by atoms with Crippen LogP contribution >= 0.6 is 0 Å². The summed E-state index contributed by atoms with van der Waals surface area (Å²) in [7, 11) is 1.27. The van der Waals surface area contributed by atoms with Gasteiger partial charge in [-0.15, -0.1) is 0 Å². The van der Waals surface area contributed by atoms with E-state index in [9.17, 15) is 19.5 Å². The van der Waals surface area contributed by atoms with Gasteiger partial charge in [0.15, 0.2) is 0 Å². The van der Waals surface area contributed by atoms with Gasteiger partial charge in [0.2, 0.25) is 5.91 Å². The molecule has 1 fully saturated rings. The van der Waals surface area contributed by atoms with Crippen LogP contribution in [0.4, 0.5) is 0 Å². The number of allylic oxidation sites excluding steroid dienone is 2. The number of rotatable bonds is 5. The number of carbonyl (C=O) groups excluding carboxylic acids is 2. The molecule has 2 aliphatic carbocycles. The molecule has 6 heteroatoms. The highest BCUT2D eigenvalue weighted by Crippen LogP contribution is 2.48. The van der Waals surface area contributed by atoms with Gasteiger partial charge >= 0.3 is 11.9 Å². The third-order valence-electron chi connectivity index (χ3n) is 4.46. The lowest BCUT2D eigenvalue weighted by atomic mass is 9.82. The molecule has 1 amide bonds. The average Bonchev–Trinajstić information content (AvgIpc) is 3.03. The van der Waals surface area contributed by atoms with Gasteiger partial charge in [-0.05, 0) is 32.1 Å². The van der Waals surface area contributed by atoms with Crippen molar-refractivity contribution in [1.29, 1.82) is 0 Å². The van der Waals surface area contributed by atoms with Gasteiger partial charge in [0.1, 0.15) is 6.54 Å². The lowest BCUT2D eigenvalue weighted by Crippen LogP contribution is -2.48. The lowest BCUT2D eigenvalue weighted by Gasteiger charge is -2.32. The molecule has 0 aromatic carbocycles. The third-order valence-corrected chi connectivity index (χ3v) is 4.46. The maximum absolute atomic E-state index is 12.8. The first-order chi connectivity index (χ1) is 9.86. The third kappa shape index (κ3) is 2.80. The molecule has 116 valence electrons. The zero-order valence-corrected chi connectivity index (χ0v) is 12.5. The van der Waals surface area contributed by atoms with Gasteiger partial charge in [-0.1, -0.05) is 12.2 Å². The summed E-state index contributed by atoms with van der Waals surface area (Å²) in [4.78, 5) is 37.1. The fourth-order valence-corrected chi connectivity index (χ4v) is 3.41. The standard InChI is InChI=1S/C15H21NO5/c1-8(2)16(7-11(17)21-3)14(18)12-9-4-5-10(6-9)13(12)15(19)20/h4-5,8-10,12-13H,6-7H2,1-3H3,(H,19,20)/t9?,10?,12-,13+/m0/s1. The molecule has 0 saturated heterocycles. The Labute approximate surface area is 123 Å². The van der Waals surface area contributed by atoms with Crippen molar-refractivity contribution in [2.75, 3.05) is 13.7 Å². The molecule has 2 unspecified atom stereocenters. The normalized spacial score (nSPS) is 29.7. The number of methoxy groups -OCH3 is 1. The number of aliphatic carboxylic acids is 1. The predicted octanol–water partition coefficient (Wildman–Crippen LogP) is 0.919. The summed E-state index contributed by atoms with van der Waals surface area (Å²) in [6, 6.07) is -0.186. The van der Waals surface area contributed by atoms with E-state index < -0.39 is 23.8 Å². The van der Waals surface area contributed by atoms with Crippen molar-refractivity contribution in [3.8, 4) is 0 Å². The van der Waals surface area contributed by atoms with Crippen molar-refractivity contribution in [3.63, 3.8) is 0 Å². The van der Waals surface area contributed by atoms with Crippen LogP contribution in [-0.2, 0) is 19.1 Å². The van der Waals surface area contributed by atoms with Crippen LogP contribution in [0.1, 0.15) is 20.3 Å². The molecule has 0 spiro atoms. The van der Waals surface area contributed by atoms with Gasteiger partial charge in [0, 0.05) is 6.04 Å². The first kappa shape index (κ1) is 15.5. The van der Waals surface area contributed by atoms with Crippen molar-refractivity contribution in [1.82, 2.24) is 4.90 Å². The molecule has 0 aromatic heterocycles. The summed E-state index contributed by atoms with van der Waals surface area (Å²) in [5.41, 5.74) is 0. The van der Waals surface area contributed by atoms with Crippen LogP contribution in [0.3, 0.4) is 0 Å². The van der Waals surface area contributed by atoms with E-state index in [4.69, 9.17) is 0 Å². The van der Waals surface area contributed by atoms with Crippen LogP contribution < -0.4 is 0 Å². The lowest BCUT2D eigenvalue weighted by molar-refractivity contribution is -0.155. The Balaban J connectivity index is 2.21. The van der Waals surface area contributed by atoms with Gasteiger partial charge in [0.05, 0.1) is 18.9 Å². The van der Waals surface area contributed by atoms with Crippen molar-refractivity contribution in [2.45, 2.75) is 26.3 Å². The highest BCUT2D eigenvalue weighted by molar-refractivity contribution is 5.89. The van der Waals surface area contributed by atoms with Crippen LogP contribution in [0.15, 0.2) is 12.2 Å². The number of hydrogen-bond acceptors (Lipinski definition) is 4. The van der Waals surface area contributed by atoms with E-state index in [-0.39, 0.29) is 30.3 Å². The minimum atomic E-state index is -0.938. The zero-order valence-electron chi connectivity index (χ0n) is 12.5. The number of carbonyl (C=O) groups is 3. The number of fused-ring (bicyclic) bond motifs is 2. The van der Waals surface area contributed by atoms with Crippen molar-refractivity contribution >= 4 is 17.8 Å². The zero-order chi connectivity index (χ0) is 15.7. The topological polar surface area (TPSA) is 83.9 Å². The van der Waals surface area contributed by atoms with Crippen LogP contribution in [0.2, 0.25) is 0 Å². The Hall–Kier alpha value is -1.85. The summed E-state index contributed by atoms with van der Waals surface area (Å²) >= 11 is 0. The number of hydrogen-bond donors (Lipinski definition) is 1. The second kappa shape index (κ2) is 5.87. The molecule has 1 saturated carbocycles.